The van der Waals surface area contributed by atoms with Crippen LogP contribution in [0.1, 0.15) is 42.3 Å². The maximum atomic E-state index is 12.2. The monoisotopic (exact) mass is 466 g/mol. The first kappa shape index (κ1) is 19.7. The number of halogens is 2. The molecule has 132 valence electrons. The second-order valence-corrected chi connectivity index (χ2v) is 8.31. The molecule has 0 atom stereocenters. The van der Waals surface area contributed by atoms with Crippen LogP contribution in [0.3, 0.4) is 0 Å². The Morgan fingerprint density at radius 2 is 1.80 bits per heavy atom. The molecule has 0 aliphatic carbocycles. The highest BCUT2D eigenvalue weighted by molar-refractivity contribution is 9.11. The summed E-state index contributed by atoms with van der Waals surface area (Å²) in [6.07, 6.45) is 1.55. The fourth-order valence-electron chi connectivity index (χ4n) is 2.24. The molecule has 0 fully saturated rings. The third kappa shape index (κ3) is 5.16. The molecule has 0 bridgehead atoms. The quantitative estimate of drug-likeness (QED) is 0.491. The lowest BCUT2D eigenvalue weighted by Crippen LogP contribution is -2.18. The van der Waals surface area contributed by atoms with E-state index in [9.17, 15) is 4.79 Å². The SMILES string of the molecule is COc1c(Br)cc(Br)cc1/C=N/NC(=O)c1ccc(C(C)(C)C)cc1. The first-order chi connectivity index (χ1) is 11.7. The lowest BCUT2D eigenvalue weighted by atomic mass is 9.87. The van der Waals surface area contributed by atoms with Crippen molar-refractivity contribution in [3.8, 4) is 5.75 Å². The van der Waals surface area contributed by atoms with Gasteiger partial charge in [0.15, 0.2) is 0 Å². The van der Waals surface area contributed by atoms with Crippen molar-refractivity contribution in [2.24, 2.45) is 5.10 Å². The Labute approximate surface area is 164 Å². The van der Waals surface area contributed by atoms with Crippen molar-refractivity contribution in [2.45, 2.75) is 26.2 Å². The van der Waals surface area contributed by atoms with Crippen LogP contribution in [0.15, 0.2) is 50.4 Å². The molecule has 2 aromatic rings. The van der Waals surface area contributed by atoms with Crippen molar-refractivity contribution in [1.29, 1.82) is 0 Å². The largest absolute Gasteiger partial charge is 0.495 e. The summed E-state index contributed by atoms with van der Waals surface area (Å²) in [5, 5.41) is 4.03. The Bertz CT molecular complexity index is 794. The van der Waals surface area contributed by atoms with Crippen molar-refractivity contribution < 1.29 is 9.53 Å². The lowest BCUT2D eigenvalue weighted by Gasteiger charge is -2.18. The van der Waals surface area contributed by atoms with E-state index in [1.165, 1.54) is 5.56 Å². The van der Waals surface area contributed by atoms with Gasteiger partial charge in [-0.15, -0.1) is 0 Å². The van der Waals surface area contributed by atoms with E-state index in [-0.39, 0.29) is 11.3 Å². The molecule has 2 aromatic carbocycles. The first-order valence-electron chi connectivity index (χ1n) is 7.69. The van der Waals surface area contributed by atoms with Crippen molar-refractivity contribution in [1.82, 2.24) is 5.43 Å². The van der Waals surface area contributed by atoms with E-state index >= 15 is 0 Å². The highest BCUT2D eigenvalue weighted by Crippen LogP contribution is 2.31. The van der Waals surface area contributed by atoms with E-state index in [0.717, 1.165) is 14.5 Å². The highest BCUT2D eigenvalue weighted by atomic mass is 79.9. The Balaban J connectivity index is 2.11. The number of ether oxygens (including phenoxy) is 1. The van der Waals surface area contributed by atoms with Crippen LogP contribution in [-0.2, 0) is 5.41 Å². The predicted molar refractivity (Wildman–Crippen MR) is 109 cm³/mol. The van der Waals surface area contributed by atoms with Crippen molar-refractivity contribution >= 4 is 44.0 Å². The van der Waals surface area contributed by atoms with Gasteiger partial charge in [-0.25, -0.2) is 5.43 Å². The summed E-state index contributed by atoms with van der Waals surface area (Å²) >= 11 is 6.86. The maximum absolute atomic E-state index is 12.2. The van der Waals surface area contributed by atoms with Crippen LogP contribution in [0.5, 0.6) is 5.75 Å². The van der Waals surface area contributed by atoms with Crippen LogP contribution < -0.4 is 10.2 Å². The molecule has 0 saturated heterocycles. The van der Waals surface area contributed by atoms with E-state index in [4.69, 9.17) is 4.74 Å². The second kappa shape index (κ2) is 8.15. The molecule has 4 nitrogen and oxygen atoms in total. The van der Waals surface area contributed by atoms with Crippen LogP contribution in [0, 0.1) is 0 Å². The van der Waals surface area contributed by atoms with Gasteiger partial charge in [-0.2, -0.15) is 5.10 Å². The number of benzene rings is 2. The number of hydrogen-bond donors (Lipinski definition) is 1. The number of carbonyl (C=O) groups excluding carboxylic acids is 1. The summed E-state index contributed by atoms with van der Waals surface area (Å²) in [4.78, 5) is 12.2. The number of amides is 1. The Morgan fingerprint density at radius 3 is 2.36 bits per heavy atom. The fourth-order valence-corrected chi connectivity index (χ4v) is 3.66. The fraction of sp³-hybridized carbons (Fsp3) is 0.263. The normalized spacial score (nSPS) is 11.6. The van der Waals surface area contributed by atoms with Crippen LogP contribution in [0.4, 0.5) is 0 Å². The van der Waals surface area contributed by atoms with Crippen molar-refractivity contribution in [2.75, 3.05) is 7.11 Å². The van der Waals surface area contributed by atoms with E-state index in [0.29, 0.717) is 11.3 Å². The molecule has 0 radical (unpaired) electrons. The first-order valence-corrected chi connectivity index (χ1v) is 9.28. The molecule has 0 aromatic heterocycles. The Hall–Kier alpha value is -1.66. The molecule has 0 spiro atoms. The van der Waals surface area contributed by atoms with Gasteiger partial charge < -0.3 is 4.74 Å². The molecular weight excluding hydrogens is 448 g/mol. The van der Waals surface area contributed by atoms with Gasteiger partial charge in [0.2, 0.25) is 0 Å². The topological polar surface area (TPSA) is 50.7 Å². The van der Waals surface area contributed by atoms with Crippen LogP contribution in [0.2, 0.25) is 0 Å². The second-order valence-electron chi connectivity index (χ2n) is 6.54. The van der Waals surface area contributed by atoms with E-state index in [1.807, 2.05) is 36.4 Å². The van der Waals surface area contributed by atoms with Crippen LogP contribution in [0.25, 0.3) is 0 Å². The Kier molecular flexibility index (Phi) is 6.41. The number of nitrogens with one attached hydrogen (secondary N) is 1. The van der Waals surface area contributed by atoms with E-state index < -0.39 is 0 Å². The standard InChI is InChI=1S/C19H20Br2N2O2/c1-19(2,3)14-7-5-12(6-8-14)18(24)23-22-11-13-9-15(20)10-16(21)17(13)25-4/h5-11H,1-4H3,(H,23,24)/b22-11+. The molecule has 0 saturated carbocycles. The van der Waals surface area contributed by atoms with Gasteiger partial charge in [-0.1, -0.05) is 48.8 Å². The van der Waals surface area contributed by atoms with Crippen LogP contribution in [-0.4, -0.2) is 19.2 Å². The number of hydrazone groups is 1. The van der Waals surface area contributed by atoms with Gasteiger partial charge in [-0.05, 0) is 51.2 Å². The molecule has 2 rings (SSSR count). The minimum atomic E-state index is -0.260. The smallest absolute Gasteiger partial charge is 0.271 e. The van der Waals surface area contributed by atoms with Crippen molar-refractivity contribution in [3.63, 3.8) is 0 Å². The van der Waals surface area contributed by atoms with E-state index in [1.54, 1.807) is 13.3 Å². The van der Waals surface area contributed by atoms with Gasteiger partial charge in [0.25, 0.3) is 5.91 Å². The molecule has 0 unspecified atom stereocenters. The Morgan fingerprint density at radius 1 is 1.16 bits per heavy atom. The molecule has 0 heterocycles. The molecular formula is C19H20Br2N2O2. The maximum Gasteiger partial charge on any atom is 0.271 e. The van der Waals surface area contributed by atoms with Crippen LogP contribution >= 0.6 is 31.9 Å². The zero-order chi connectivity index (χ0) is 18.6. The zero-order valence-electron chi connectivity index (χ0n) is 14.6. The predicted octanol–water partition coefficient (Wildman–Crippen LogP) is 5.28. The summed E-state index contributed by atoms with van der Waals surface area (Å²) in [5.41, 5.74) is 5.08. The molecule has 0 aliphatic heterocycles. The van der Waals surface area contributed by atoms with Gasteiger partial charge in [0.05, 0.1) is 17.8 Å². The molecule has 0 aliphatic rings. The third-order valence-corrected chi connectivity index (χ3v) is 4.67. The number of nitrogens with zero attached hydrogens (tertiary/aromatic N) is 1. The summed E-state index contributed by atoms with van der Waals surface area (Å²) in [6, 6.07) is 11.3. The summed E-state index contributed by atoms with van der Waals surface area (Å²) < 4.78 is 7.03. The van der Waals surface area contributed by atoms with Gasteiger partial charge in [0, 0.05) is 15.6 Å². The highest BCUT2D eigenvalue weighted by Gasteiger charge is 2.14. The number of hydrogen-bond acceptors (Lipinski definition) is 3. The average Bonchev–Trinajstić information content (AvgIpc) is 2.53. The number of carbonyl (C=O) groups is 1. The summed E-state index contributed by atoms with van der Waals surface area (Å²) in [5.74, 6) is 0.389. The van der Waals surface area contributed by atoms with Gasteiger partial charge >= 0.3 is 0 Å². The molecule has 1 N–H and O–H groups in total. The summed E-state index contributed by atoms with van der Waals surface area (Å²) in [6.45, 7) is 6.40. The molecule has 1 amide bonds. The van der Waals surface area contributed by atoms with Gasteiger partial charge in [0.1, 0.15) is 5.75 Å². The van der Waals surface area contributed by atoms with Gasteiger partial charge in [-0.3, -0.25) is 4.79 Å². The molecule has 25 heavy (non-hydrogen) atoms. The number of methoxy groups -OCH3 is 1. The van der Waals surface area contributed by atoms with E-state index in [2.05, 4.69) is 63.2 Å². The third-order valence-electron chi connectivity index (χ3n) is 3.62. The minimum Gasteiger partial charge on any atom is -0.495 e. The lowest BCUT2D eigenvalue weighted by molar-refractivity contribution is 0.0955. The summed E-state index contributed by atoms with van der Waals surface area (Å²) in [7, 11) is 1.58. The molecule has 6 heteroatoms. The number of rotatable bonds is 4. The van der Waals surface area contributed by atoms with Crippen molar-refractivity contribution in [3.05, 3.63) is 62.0 Å². The minimum absolute atomic E-state index is 0.0534. The zero-order valence-corrected chi connectivity index (χ0v) is 17.7. The average molecular weight is 468 g/mol.